The maximum Gasteiger partial charge on any atom is 0.0780 e. The highest BCUT2D eigenvalue weighted by Crippen LogP contribution is 2.22. The van der Waals surface area contributed by atoms with Crippen LogP contribution in [-0.2, 0) is 0 Å². The highest BCUT2D eigenvalue weighted by molar-refractivity contribution is 5.74. The van der Waals surface area contributed by atoms with Crippen LogP contribution in [0, 0.1) is 0 Å². The highest BCUT2D eigenvalue weighted by Gasteiger charge is 2.12. The summed E-state index contributed by atoms with van der Waals surface area (Å²) in [6, 6.07) is 27.5. The Morgan fingerprint density at radius 2 is 0.453 bits per heavy atom. The summed E-state index contributed by atoms with van der Waals surface area (Å²) in [5, 5.41) is 0. The number of hydrogen-bond acceptors (Lipinski definition) is 2. The Balaban J connectivity index is 1.54. The third-order valence-corrected chi connectivity index (χ3v) is 12.4. The zero-order chi connectivity index (χ0) is 46.9. The first-order valence-corrected chi connectivity index (χ1v) is 25.6. The summed E-state index contributed by atoms with van der Waals surface area (Å²) in [6.45, 7) is 9.66. The first kappa shape index (κ1) is 54.9. The van der Waals surface area contributed by atoms with Crippen LogP contribution in [0.15, 0.2) is 72.8 Å². The Hall–Kier alpha value is -3.42. The summed E-state index contributed by atoms with van der Waals surface area (Å²) >= 11 is 0. The van der Waals surface area contributed by atoms with Crippen molar-refractivity contribution < 1.29 is 17.9 Å². The van der Waals surface area contributed by atoms with Gasteiger partial charge in [-0.1, -0.05) is 98.5 Å². The lowest BCUT2D eigenvalue weighted by Gasteiger charge is -2.26. The molecule has 0 aliphatic rings. The summed E-state index contributed by atoms with van der Waals surface area (Å²) in [6.07, 6.45) is 30.0. The van der Waals surface area contributed by atoms with Crippen molar-refractivity contribution in [1.82, 2.24) is 0 Å². The highest BCUT2D eigenvalue weighted by atomic mass is 15.3. The number of hydrogen-bond donors (Lipinski definition) is 0. The third kappa shape index (κ3) is 27.1. The molecule has 3 aromatic rings. The van der Waals surface area contributed by atoms with Crippen molar-refractivity contribution in [3.8, 4) is 0 Å². The molecule has 0 radical (unpaired) electrons. The molecule has 0 saturated heterocycles. The molecule has 0 spiro atoms. The van der Waals surface area contributed by atoms with Gasteiger partial charge in [-0.25, -0.2) is 0 Å². The van der Waals surface area contributed by atoms with Crippen molar-refractivity contribution in [2.45, 2.75) is 103 Å². The van der Waals surface area contributed by atoms with Crippen LogP contribution in [0.4, 0.5) is 11.4 Å². The second-order valence-electron chi connectivity index (χ2n) is 23.2. The first-order valence-electron chi connectivity index (χ1n) is 25.6. The van der Waals surface area contributed by atoms with Crippen molar-refractivity contribution in [2.24, 2.45) is 0 Å². The number of anilines is 2. The molecule has 0 N–H and O–H groups in total. The molecule has 0 saturated carbocycles. The van der Waals surface area contributed by atoms with Crippen LogP contribution in [0.5, 0.6) is 0 Å². The van der Waals surface area contributed by atoms with Gasteiger partial charge in [0.05, 0.1) is 111 Å². The van der Waals surface area contributed by atoms with Crippen molar-refractivity contribution >= 4 is 35.7 Å². The number of rotatable bonds is 34. The van der Waals surface area contributed by atoms with Gasteiger partial charge in [0, 0.05) is 37.6 Å². The van der Waals surface area contributed by atoms with Gasteiger partial charge in [0.2, 0.25) is 0 Å². The number of nitrogens with zero attached hydrogens (tertiary/aromatic N) is 6. The molecule has 0 heterocycles. The monoisotopic (exact) mass is 881 g/mol. The molecule has 0 amide bonds. The normalized spacial score (nSPS) is 12.8. The molecule has 358 valence electrons. The van der Waals surface area contributed by atoms with Gasteiger partial charge >= 0.3 is 0 Å². The molecule has 0 bridgehead atoms. The zero-order valence-electron chi connectivity index (χ0n) is 43.9. The largest absolute Gasteiger partial charge is 0.372 e. The standard InChI is InChI=1S/C58H100N6/c1-61(2,3)49-25-17-13-21-45-59(46-22-14-18-26-50-62(4,5)6)57-41-37-55(38-42-57)35-33-53-29-31-54(32-30-53)34-36-56-39-43-58(44-40-56)60(47-23-15-19-27-51-63(7,8)9)48-24-16-20-28-52-64(10,11)12/h29-44H,13-28,45-52H2,1-12H3/q+4/b35-33+,36-34+. The van der Waals surface area contributed by atoms with Crippen LogP contribution in [0.2, 0.25) is 0 Å². The molecule has 3 aromatic carbocycles. The molecule has 0 aliphatic heterocycles. The SMILES string of the molecule is C[N+](C)(C)CCCCCCN(CCCCCC[N+](C)(C)C)c1ccc(/C=C/c2ccc(/C=C/c3ccc(N(CCCCCC[N+](C)(C)C)CCCCCC[N+](C)(C)C)cc3)cc2)cc1. The number of benzene rings is 3. The lowest BCUT2D eigenvalue weighted by atomic mass is 10.1. The van der Waals surface area contributed by atoms with E-state index >= 15 is 0 Å². The summed E-state index contributed by atoms with van der Waals surface area (Å²) in [7, 11) is 27.6. The van der Waals surface area contributed by atoms with E-state index in [9.17, 15) is 0 Å². The van der Waals surface area contributed by atoms with Crippen molar-refractivity contribution in [3.05, 3.63) is 95.1 Å². The van der Waals surface area contributed by atoms with Gasteiger partial charge in [-0.05, 0) is 124 Å². The molecule has 0 fully saturated rings. The van der Waals surface area contributed by atoms with E-state index in [0.717, 1.165) is 44.1 Å². The van der Waals surface area contributed by atoms with Gasteiger partial charge in [-0.3, -0.25) is 0 Å². The number of quaternary nitrogens is 4. The Morgan fingerprint density at radius 1 is 0.266 bits per heavy atom. The van der Waals surface area contributed by atoms with Crippen LogP contribution in [0.3, 0.4) is 0 Å². The fourth-order valence-corrected chi connectivity index (χ4v) is 8.41. The zero-order valence-corrected chi connectivity index (χ0v) is 43.9. The average molecular weight is 881 g/mol. The summed E-state index contributed by atoms with van der Waals surface area (Å²) < 4.78 is 4.26. The average Bonchev–Trinajstić information content (AvgIpc) is 3.22. The topological polar surface area (TPSA) is 6.48 Å². The van der Waals surface area contributed by atoms with Crippen LogP contribution < -0.4 is 9.80 Å². The van der Waals surface area contributed by atoms with E-state index in [4.69, 9.17) is 0 Å². The van der Waals surface area contributed by atoms with E-state index in [-0.39, 0.29) is 0 Å². The van der Waals surface area contributed by atoms with E-state index in [0.29, 0.717) is 0 Å². The quantitative estimate of drug-likeness (QED) is 0.0335. The molecule has 0 aliphatic carbocycles. The van der Waals surface area contributed by atoms with E-state index in [1.807, 2.05) is 0 Å². The first-order chi connectivity index (χ1) is 30.2. The van der Waals surface area contributed by atoms with Gasteiger partial charge in [0.25, 0.3) is 0 Å². The van der Waals surface area contributed by atoms with Crippen LogP contribution in [-0.4, -0.2) is 155 Å². The van der Waals surface area contributed by atoms with Gasteiger partial charge in [0.15, 0.2) is 0 Å². The Labute approximate surface area is 396 Å². The van der Waals surface area contributed by atoms with Gasteiger partial charge in [-0.2, -0.15) is 0 Å². The number of unbranched alkanes of at least 4 members (excludes halogenated alkanes) is 12. The second kappa shape index (κ2) is 28.6. The summed E-state index contributed by atoms with van der Waals surface area (Å²) in [4.78, 5) is 5.30. The second-order valence-corrected chi connectivity index (χ2v) is 23.2. The molecule has 6 heteroatoms. The minimum absolute atomic E-state index is 1.06. The molecule has 64 heavy (non-hydrogen) atoms. The van der Waals surface area contributed by atoms with Crippen molar-refractivity contribution in [3.63, 3.8) is 0 Å². The van der Waals surface area contributed by atoms with Crippen molar-refractivity contribution in [1.29, 1.82) is 0 Å². The lowest BCUT2D eigenvalue weighted by Crippen LogP contribution is -2.35. The Morgan fingerprint density at radius 3 is 0.656 bits per heavy atom. The van der Waals surface area contributed by atoms with Crippen LogP contribution in [0.25, 0.3) is 24.3 Å². The maximum atomic E-state index is 2.65. The van der Waals surface area contributed by atoms with Gasteiger partial charge in [-0.15, -0.1) is 0 Å². The van der Waals surface area contributed by atoms with Crippen molar-refractivity contribution in [2.75, 3.05) is 147 Å². The molecular weight excluding hydrogens is 781 g/mol. The molecule has 0 aromatic heterocycles. The van der Waals surface area contributed by atoms with Gasteiger partial charge in [0.1, 0.15) is 0 Å². The van der Waals surface area contributed by atoms with E-state index < -0.39 is 0 Å². The van der Waals surface area contributed by atoms with E-state index in [1.165, 1.54) is 163 Å². The fourth-order valence-electron chi connectivity index (χ4n) is 8.41. The molecular formula is C58H100N6+4. The van der Waals surface area contributed by atoms with Crippen LogP contribution in [0.1, 0.15) is 125 Å². The molecule has 0 unspecified atom stereocenters. The molecule has 6 nitrogen and oxygen atoms in total. The predicted octanol–water partition coefficient (Wildman–Crippen LogP) is 12.7. The Kier molecular flexibility index (Phi) is 24.5. The minimum Gasteiger partial charge on any atom is -0.372 e. The van der Waals surface area contributed by atoms with Crippen LogP contribution >= 0.6 is 0 Å². The summed E-state index contributed by atoms with van der Waals surface area (Å²) in [5.41, 5.74) is 7.69. The summed E-state index contributed by atoms with van der Waals surface area (Å²) in [5.74, 6) is 0. The molecule has 3 rings (SSSR count). The van der Waals surface area contributed by atoms with E-state index in [1.54, 1.807) is 0 Å². The predicted molar refractivity (Wildman–Crippen MR) is 287 cm³/mol. The smallest absolute Gasteiger partial charge is 0.0780 e. The Bertz CT molecular complexity index is 1520. The maximum absolute atomic E-state index is 2.65. The minimum atomic E-state index is 1.06. The third-order valence-electron chi connectivity index (χ3n) is 12.4. The fraction of sp³-hybridized carbons (Fsp3) is 0.621. The lowest BCUT2D eigenvalue weighted by molar-refractivity contribution is -0.870. The van der Waals surface area contributed by atoms with Gasteiger partial charge < -0.3 is 27.7 Å². The molecule has 0 atom stereocenters. The van der Waals surface area contributed by atoms with E-state index in [2.05, 4.69) is 191 Å².